The second-order valence-electron chi connectivity index (χ2n) is 8.96. The molecule has 1 spiro atoms. The summed E-state index contributed by atoms with van der Waals surface area (Å²) in [6.07, 6.45) is 5.07. The lowest BCUT2D eigenvalue weighted by Crippen LogP contribution is -2.50. The summed E-state index contributed by atoms with van der Waals surface area (Å²) < 4.78 is 12.1. The van der Waals surface area contributed by atoms with Gasteiger partial charge in [-0.1, -0.05) is 19.9 Å². The average molecular weight is 370 g/mol. The highest BCUT2D eigenvalue weighted by Crippen LogP contribution is 2.49. The lowest BCUT2D eigenvalue weighted by atomic mass is 10.0. The van der Waals surface area contributed by atoms with E-state index in [1.54, 1.807) is 7.11 Å². The zero-order valence-electron chi connectivity index (χ0n) is 16.7. The van der Waals surface area contributed by atoms with Crippen LogP contribution in [0.2, 0.25) is 0 Å². The average Bonchev–Trinajstić information content (AvgIpc) is 3.37. The SMILES string of the molecule is COc1cc2c(cc1CN1CC[C@@]34OC[C@@H](C(C)C)N3C(=O)C[C@@H]14)CCC2. The van der Waals surface area contributed by atoms with E-state index in [9.17, 15) is 4.79 Å². The summed E-state index contributed by atoms with van der Waals surface area (Å²) in [5.74, 6) is 1.69. The summed E-state index contributed by atoms with van der Waals surface area (Å²) in [5, 5.41) is 0. The highest BCUT2D eigenvalue weighted by Gasteiger charge is 2.64. The molecular weight excluding hydrogens is 340 g/mol. The van der Waals surface area contributed by atoms with Crippen molar-refractivity contribution in [2.45, 2.75) is 70.3 Å². The van der Waals surface area contributed by atoms with Gasteiger partial charge in [-0.3, -0.25) is 9.69 Å². The van der Waals surface area contributed by atoms with Crippen molar-refractivity contribution in [3.8, 4) is 5.75 Å². The fraction of sp³-hybridized carbons (Fsp3) is 0.682. The number of hydrogen-bond acceptors (Lipinski definition) is 4. The Kier molecular flexibility index (Phi) is 4.03. The molecule has 1 aromatic rings. The van der Waals surface area contributed by atoms with Crippen LogP contribution in [-0.4, -0.2) is 53.8 Å². The largest absolute Gasteiger partial charge is 0.496 e. The standard InChI is InChI=1S/C22H30N2O3/c1-14(2)18-13-27-22-7-8-23(20(22)11-21(25)24(18)22)12-17-9-15-5-4-6-16(15)10-19(17)26-3/h9-10,14,18,20H,4-8,11-13H2,1-3H3/t18-,20+,22-/m0/s1. The minimum absolute atomic E-state index is 0.159. The van der Waals surface area contributed by atoms with Crippen LogP contribution >= 0.6 is 0 Å². The van der Waals surface area contributed by atoms with E-state index in [4.69, 9.17) is 9.47 Å². The molecule has 3 fully saturated rings. The molecular formula is C22H30N2O3. The lowest BCUT2D eigenvalue weighted by molar-refractivity contribution is -0.139. The third kappa shape index (κ3) is 2.47. The minimum atomic E-state index is -0.393. The first-order valence-corrected chi connectivity index (χ1v) is 10.4. The number of benzene rings is 1. The number of likely N-dealkylation sites (tertiary alicyclic amines) is 1. The van der Waals surface area contributed by atoms with Crippen molar-refractivity contribution in [3.05, 3.63) is 28.8 Å². The van der Waals surface area contributed by atoms with Crippen molar-refractivity contribution in [1.29, 1.82) is 0 Å². The molecule has 0 saturated carbocycles. The number of fused-ring (bicyclic) bond motifs is 1. The van der Waals surface area contributed by atoms with Gasteiger partial charge in [0.15, 0.2) is 5.72 Å². The zero-order chi connectivity index (χ0) is 18.8. The molecule has 0 aromatic heterocycles. The molecule has 27 heavy (non-hydrogen) atoms. The smallest absolute Gasteiger partial charge is 0.226 e. The summed E-state index contributed by atoms with van der Waals surface area (Å²) in [6.45, 7) is 6.86. The van der Waals surface area contributed by atoms with Crippen LogP contribution in [0.1, 0.15) is 49.8 Å². The first-order chi connectivity index (χ1) is 13.0. The Morgan fingerprint density at radius 1 is 1.30 bits per heavy atom. The van der Waals surface area contributed by atoms with E-state index in [1.165, 1.54) is 29.5 Å². The highest BCUT2D eigenvalue weighted by molar-refractivity contribution is 5.82. The number of methoxy groups -OCH3 is 1. The Morgan fingerprint density at radius 2 is 2.07 bits per heavy atom. The van der Waals surface area contributed by atoms with Gasteiger partial charge in [-0.25, -0.2) is 0 Å². The van der Waals surface area contributed by atoms with E-state index in [2.05, 4.69) is 35.8 Å². The van der Waals surface area contributed by atoms with Gasteiger partial charge in [-0.05, 0) is 42.4 Å². The maximum atomic E-state index is 12.8. The van der Waals surface area contributed by atoms with Gasteiger partial charge in [-0.15, -0.1) is 0 Å². The predicted molar refractivity (Wildman–Crippen MR) is 103 cm³/mol. The first kappa shape index (κ1) is 17.5. The van der Waals surface area contributed by atoms with E-state index >= 15 is 0 Å². The number of rotatable bonds is 4. The fourth-order valence-corrected chi connectivity index (χ4v) is 5.83. The fourth-order valence-electron chi connectivity index (χ4n) is 5.83. The van der Waals surface area contributed by atoms with Gasteiger partial charge in [0.2, 0.25) is 5.91 Å². The van der Waals surface area contributed by atoms with Crippen molar-refractivity contribution >= 4 is 5.91 Å². The van der Waals surface area contributed by atoms with Crippen LogP contribution in [0.3, 0.4) is 0 Å². The molecule has 3 aliphatic heterocycles. The first-order valence-electron chi connectivity index (χ1n) is 10.4. The van der Waals surface area contributed by atoms with E-state index in [1.807, 2.05) is 0 Å². The van der Waals surface area contributed by atoms with Crippen LogP contribution in [0, 0.1) is 5.92 Å². The number of amides is 1. The van der Waals surface area contributed by atoms with Gasteiger partial charge in [0.05, 0.1) is 25.8 Å². The maximum absolute atomic E-state index is 12.8. The third-order valence-electron chi connectivity index (χ3n) is 7.24. The normalized spacial score (nSPS) is 32.3. The molecule has 0 N–H and O–H groups in total. The Morgan fingerprint density at radius 3 is 2.81 bits per heavy atom. The highest BCUT2D eigenvalue weighted by atomic mass is 16.5. The topological polar surface area (TPSA) is 42.0 Å². The van der Waals surface area contributed by atoms with Crippen molar-refractivity contribution in [1.82, 2.24) is 9.80 Å². The maximum Gasteiger partial charge on any atom is 0.226 e. The number of hydrogen-bond donors (Lipinski definition) is 0. The summed E-state index contributed by atoms with van der Waals surface area (Å²) in [4.78, 5) is 17.4. The van der Waals surface area contributed by atoms with Gasteiger partial charge in [-0.2, -0.15) is 0 Å². The Balaban J connectivity index is 1.42. The van der Waals surface area contributed by atoms with Crippen LogP contribution in [0.25, 0.3) is 0 Å². The number of nitrogens with zero attached hydrogens (tertiary/aromatic N) is 2. The molecule has 0 bridgehead atoms. The van der Waals surface area contributed by atoms with E-state index in [0.29, 0.717) is 18.9 Å². The molecule has 4 aliphatic rings. The monoisotopic (exact) mass is 370 g/mol. The van der Waals surface area contributed by atoms with Crippen molar-refractivity contribution in [3.63, 3.8) is 0 Å². The van der Waals surface area contributed by atoms with Gasteiger partial charge < -0.3 is 14.4 Å². The Bertz CT molecular complexity index is 777. The molecule has 5 heteroatoms. The molecule has 0 radical (unpaired) electrons. The summed E-state index contributed by atoms with van der Waals surface area (Å²) >= 11 is 0. The van der Waals surface area contributed by atoms with Crippen LogP contribution in [0.5, 0.6) is 5.75 Å². The van der Waals surface area contributed by atoms with Crippen LogP contribution in [0.15, 0.2) is 12.1 Å². The second-order valence-corrected chi connectivity index (χ2v) is 8.96. The summed E-state index contributed by atoms with van der Waals surface area (Å²) in [6, 6.07) is 4.95. The molecule has 1 aliphatic carbocycles. The zero-order valence-corrected chi connectivity index (χ0v) is 16.7. The minimum Gasteiger partial charge on any atom is -0.496 e. The molecule has 5 nitrogen and oxygen atoms in total. The molecule has 3 atom stereocenters. The lowest BCUT2D eigenvalue weighted by Gasteiger charge is -2.34. The Hall–Kier alpha value is -1.59. The van der Waals surface area contributed by atoms with E-state index in [0.717, 1.165) is 31.7 Å². The van der Waals surface area contributed by atoms with Gasteiger partial charge in [0.1, 0.15) is 5.75 Å². The number of carbonyl (C=O) groups excluding carboxylic acids is 1. The molecule has 5 rings (SSSR count). The van der Waals surface area contributed by atoms with Crippen molar-refractivity contribution < 1.29 is 14.3 Å². The van der Waals surface area contributed by atoms with Gasteiger partial charge >= 0.3 is 0 Å². The van der Waals surface area contributed by atoms with Crippen molar-refractivity contribution in [2.75, 3.05) is 20.3 Å². The van der Waals surface area contributed by atoms with E-state index < -0.39 is 5.72 Å². The number of carbonyl (C=O) groups is 1. The quantitative estimate of drug-likeness (QED) is 0.817. The van der Waals surface area contributed by atoms with Crippen LogP contribution in [-0.2, 0) is 28.9 Å². The van der Waals surface area contributed by atoms with Crippen LogP contribution < -0.4 is 4.74 Å². The molecule has 3 saturated heterocycles. The molecule has 1 aromatic carbocycles. The predicted octanol–water partition coefficient (Wildman–Crippen LogP) is 2.74. The van der Waals surface area contributed by atoms with Crippen LogP contribution in [0.4, 0.5) is 0 Å². The summed E-state index contributed by atoms with van der Waals surface area (Å²) in [7, 11) is 1.76. The summed E-state index contributed by atoms with van der Waals surface area (Å²) in [5.41, 5.74) is 3.77. The molecule has 3 heterocycles. The molecule has 146 valence electrons. The molecule has 0 unspecified atom stereocenters. The third-order valence-corrected chi connectivity index (χ3v) is 7.24. The van der Waals surface area contributed by atoms with Crippen molar-refractivity contribution in [2.24, 2.45) is 5.92 Å². The number of aryl methyl sites for hydroxylation is 2. The van der Waals surface area contributed by atoms with E-state index in [-0.39, 0.29) is 18.0 Å². The van der Waals surface area contributed by atoms with Gasteiger partial charge in [0, 0.05) is 31.5 Å². The second kappa shape index (κ2) is 6.21. The molecule has 1 amide bonds. The Labute approximate surface area is 161 Å². The number of ether oxygens (including phenoxy) is 2. The van der Waals surface area contributed by atoms with Gasteiger partial charge in [0.25, 0.3) is 0 Å².